The van der Waals surface area contributed by atoms with Crippen LogP contribution in [0.3, 0.4) is 0 Å². The Kier molecular flexibility index (Phi) is 3.61. The highest BCUT2D eigenvalue weighted by atomic mass is 32.1. The summed E-state index contributed by atoms with van der Waals surface area (Å²) in [5.74, 6) is 0.410. The van der Waals surface area contributed by atoms with Gasteiger partial charge in [-0.1, -0.05) is 42.8 Å². The lowest BCUT2D eigenvalue weighted by Gasteiger charge is -2.11. The zero-order valence-corrected chi connectivity index (χ0v) is 9.31. The molecule has 0 spiro atoms. The molecule has 0 amide bonds. The van der Waals surface area contributed by atoms with Gasteiger partial charge in [0.25, 0.3) is 0 Å². The molecule has 0 N–H and O–H groups in total. The van der Waals surface area contributed by atoms with Gasteiger partial charge in [0.2, 0.25) is 0 Å². The zero-order valence-electron chi connectivity index (χ0n) is 8.41. The second-order valence-corrected chi connectivity index (χ2v) is 3.87. The molecule has 0 bridgehead atoms. The monoisotopic (exact) mass is 192 g/mol. The molecule has 0 saturated carbocycles. The van der Waals surface area contributed by atoms with Gasteiger partial charge in [-0.05, 0) is 24.3 Å². The van der Waals surface area contributed by atoms with Gasteiger partial charge in [-0.15, -0.1) is 12.6 Å². The van der Waals surface area contributed by atoms with Crippen LogP contribution in [0.1, 0.15) is 30.9 Å². The molecule has 1 atom stereocenters. The molecule has 0 radical (unpaired) electrons. The molecule has 70 valence electrons. The average molecular weight is 192 g/mol. The number of thiol groups is 1. The Balaban J connectivity index is 2.95. The molecule has 1 heteroatoms. The Bertz CT molecular complexity index is 313. The first kappa shape index (κ1) is 10.4. The van der Waals surface area contributed by atoms with E-state index in [1.165, 1.54) is 11.1 Å². The van der Waals surface area contributed by atoms with Crippen LogP contribution < -0.4 is 0 Å². The van der Waals surface area contributed by atoms with Crippen molar-refractivity contribution >= 4 is 12.6 Å². The molecule has 1 aromatic rings. The second-order valence-electron chi connectivity index (χ2n) is 3.35. The van der Waals surface area contributed by atoms with Crippen molar-refractivity contribution in [2.75, 3.05) is 0 Å². The summed E-state index contributed by atoms with van der Waals surface area (Å²) in [6, 6.07) is 8.57. The van der Waals surface area contributed by atoms with Crippen LogP contribution in [0.5, 0.6) is 0 Å². The number of benzene rings is 1. The van der Waals surface area contributed by atoms with E-state index in [0.717, 1.165) is 4.91 Å². The van der Waals surface area contributed by atoms with Crippen LogP contribution >= 0.6 is 12.6 Å². The summed E-state index contributed by atoms with van der Waals surface area (Å²) in [4.78, 5) is 1.13. The third-order valence-electron chi connectivity index (χ3n) is 2.28. The number of hydrogen-bond acceptors (Lipinski definition) is 1. The number of allylic oxidation sites excluding steroid dienone is 2. The van der Waals surface area contributed by atoms with E-state index in [9.17, 15) is 0 Å². The highest BCUT2D eigenvalue weighted by Crippen LogP contribution is 2.26. The lowest BCUT2D eigenvalue weighted by Crippen LogP contribution is -1.93. The average Bonchev–Trinajstić information content (AvgIpc) is 2.15. The SMILES string of the molecule is C/C=C(\S)C(C)c1cccc(C)c1. The Morgan fingerprint density at radius 2 is 2.15 bits per heavy atom. The van der Waals surface area contributed by atoms with Gasteiger partial charge in [-0.25, -0.2) is 0 Å². The van der Waals surface area contributed by atoms with Crippen molar-refractivity contribution in [2.24, 2.45) is 0 Å². The van der Waals surface area contributed by atoms with E-state index in [1.54, 1.807) is 0 Å². The summed E-state index contributed by atoms with van der Waals surface area (Å²) >= 11 is 4.43. The standard InChI is InChI=1S/C12H16S/c1-4-12(13)10(3)11-7-5-6-9(2)8-11/h4-8,10,13H,1-3H3/b12-4-. The van der Waals surface area contributed by atoms with Crippen molar-refractivity contribution in [1.82, 2.24) is 0 Å². The molecule has 0 fully saturated rings. The van der Waals surface area contributed by atoms with Gasteiger partial charge in [-0.3, -0.25) is 0 Å². The molecule has 0 aliphatic heterocycles. The van der Waals surface area contributed by atoms with E-state index in [-0.39, 0.29) is 0 Å². The minimum Gasteiger partial charge on any atom is -0.148 e. The summed E-state index contributed by atoms with van der Waals surface area (Å²) in [6.07, 6.45) is 2.05. The van der Waals surface area contributed by atoms with Gasteiger partial charge in [0.05, 0.1) is 0 Å². The molecule has 1 unspecified atom stereocenters. The number of hydrogen-bond donors (Lipinski definition) is 1. The van der Waals surface area contributed by atoms with Crippen molar-refractivity contribution < 1.29 is 0 Å². The Morgan fingerprint density at radius 1 is 1.46 bits per heavy atom. The smallest absolute Gasteiger partial charge is 0.0115 e. The maximum atomic E-state index is 4.43. The third kappa shape index (κ3) is 2.63. The van der Waals surface area contributed by atoms with Gasteiger partial charge >= 0.3 is 0 Å². The van der Waals surface area contributed by atoms with Crippen LogP contribution in [0.15, 0.2) is 35.2 Å². The van der Waals surface area contributed by atoms with Crippen LogP contribution in [-0.4, -0.2) is 0 Å². The van der Waals surface area contributed by atoms with Crippen molar-refractivity contribution in [3.63, 3.8) is 0 Å². The molecular formula is C12H16S. The molecule has 0 heterocycles. The highest BCUT2D eigenvalue weighted by molar-refractivity contribution is 7.84. The summed E-state index contributed by atoms with van der Waals surface area (Å²) < 4.78 is 0. The summed E-state index contributed by atoms with van der Waals surface area (Å²) in [6.45, 7) is 6.32. The Morgan fingerprint density at radius 3 is 2.69 bits per heavy atom. The number of aryl methyl sites for hydroxylation is 1. The molecule has 0 aliphatic carbocycles. The third-order valence-corrected chi connectivity index (χ3v) is 2.93. The van der Waals surface area contributed by atoms with E-state index in [1.807, 2.05) is 6.92 Å². The molecule has 0 aliphatic rings. The van der Waals surface area contributed by atoms with Gasteiger partial charge in [0, 0.05) is 5.92 Å². The first-order valence-corrected chi connectivity index (χ1v) is 5.01. The largest absolute Gasteiger partial charge is 0.148 e. The van der Waals surface area contributed by atoms with E-state index >= 15 is 0 Å². The van der Waals surface area contributed by atoms with E-state index in [2.05, 4.69) is 56.8 Å². The Labute approximate surface area is 86.1 Å². The lowest BCUT2D eigenvalue weighted by atomic mass is 9.99. The molecule has 0 saturated heterocycles. The van der Waals surface area contributed by atoms with Gasteiger partial charge in [0.15, 0.2) is 0 Å². The molecule has 1 aromatic carbocycles. The normalized spacial score (nSPS) is 14.3. The molecule has 1 rings (SSSR count). The minimum absolute atomic E-state index is 0.410. The predicted molar refractivity (Wildman–Crippen MR) is 62.3 cm³/mol. The summed E-state index contributed by atoms with van der Waals surface area (Å²) in [5, 5.41) is 0. The highest BCUT2D eigenvalue weighted by Gasteiger charge is 2.06. The Hall–Kier alpha value is -0.690. The quantitative estimate of drug-likeness (QED) is 0.674. The van der Waals surface area contributed by atoms with E-state index in [0.29, 0.717) is 5.92 Å². The van der Waals surface area contributed by atoms with E-state index in [4.69, 9.17) is 0 Å². The van der Waals surface area contributed by atoms with Crippen molar-refractivity contribution in [1.29, 1.82) is 0 Å². The fourth-order valence-corrected chi connectivity index (χ4v) is 1.51. The first-order chi connectivity index (χ1) is 6.15. The summed E-state index contributed by atoms with van der Waals surface area (Å²) in [7, 11) is 0. The van der Waals surface area contributed by atoms with Crippen LogP contribution in [-0.2, 0) is 0 Å². The zero-order chi connectivity index (χ0) is 9.84. The van der Waals surface area contributed by atoms with Crippen LogP contribution in [0.2, 0.25) is 0 Å². The van der Waals surface area contributed by atoms with Crippen LogP contribution in [0.4, 0.5) is 0 Å². The van der Waals surface area contributed by atoms with E-state index < -0.39 is 0 Å². The topological polar surface area (TPSA) is 0 Å². The fraction of sp³-hybridized carbons (Fsp3) is 0.333. The molecule has 0 aromatic heterocycles. The van der Waals surface area contributed by atoms with Crippen LogP contribution in [0, 0.1) is 6.92 Å². The first-order valence-electron chi connectivity index (χ1n) is 4.57. The van der Waals surface area contributed by atoms with Crippen molar-refractivity contribution in [3.05, 3.63) is 46.4 Å². The van der Waals surface area contributed by atoms with Gasteiger partial charge in [0.1, 0.15) is 0 Å². The fourth-order valence-electron chi connectivity index (χ4n) is 1.36. The minimum atomic E-state index is 0.410. The van der Waals surface area contributed by atoms with Gasteiger partial charge in [-0.2, -0.15) is 0 Å². The summed E-state index contributed by atoms with van der Waals surface area (Å²) in [5.41, 5.74) is 2.64. The van der Waals surface area contributed by atoms with Crippen LogP contribution in [0.25, 0.3) is 0 Å². The van der Waals surface area contributed by atoms with Gasteiger partial charge < -0.3 is 0 Å². The lowest BCUT2D eigenvalue weighted by molar-refractivity contribution is 0.947. The second kappa shape index (κ2) is 4.52. The maximum Gasteiger partial charge on any atom is 0.0115 e. The maximum absolute atomic E-state index is 4.43. The molecule has 0 nitrogen and oxygen atoms in total. The number of rotatable bonds is 2. The van der Waals surface area contributed by atoms with Crippen molar-refractivity contribution in [3.8, 4) is 0 Å². The predicted octanol–water partition coefficient (Wildman–Crippen LogP) is 3.93. The molecular weight excluding hydrogens is 176 g/mol. The molecule has 13 heavy (non-hydrogen) atoms. The van der Waals surface area contributed by atoms with Crippen molar-refractivity contribution in [2.45, 2.75) is 26.7 Å².